The summed E-state index contributed by atoms with van der Waals surface area (Å²) >= 11 is 6.02. The van der Waals surface area contributed by atoms with Crippen molar-refractivity contribution in [1.82, 2.24) is 4.90 Å². The molecule has 2 aliphatic rings. The molecule has 1 aliphatic carbocycles. The molecule has 0 spiro atoms. The summed E-state index contributed by atoms with van der Waals surface area (Å²) < 4.78 is 5.53. The minimum absolute atomic E-state index is 0.0155. The van der Waals surface area contributed by atoms with Gasteiger partial charge in [0.2, 0.25) is 0 Å². The Hall–Kier alpha value is -1.26. The summed E-state index contributed by atoms with van der Waals surface area (Å²) in [4.78, 5) is 14.2. The Morgan fingerprint density at radius 1 is 1.45 bits per heavy atom. The Morgan fingerprint density at radius 2 is 2.18 bits per heavy atom. The van der Waals surface area contributed by atoms with E-state index in [1.54, 1.807) is 12.1 Å². The second-order valence-electron chi connectivity index (χ2n) is 7.23. The monoisotopic (exact) mass is 323 g/mol. The third-order valence-electron chi connectivity index (χ3n) is 5.25. The first-order chi connectivity index (χ1) is 10.4. The highest BCUT2D eigenvalue weighted by Gasteiger charge is 2.63. The lowest BCUT2D eigenvalue weighted by molar-refractivity contribution is -0.132. The van der Waals surface area contributed by atoms with Crippen LogP contribution in [0.5, 0.6) is 5.75 Å². The summed E-state index contributed by atoms with van der Waals surface area (Å²) in [5, 5.41) is 10.2. The lowest BCUT2D eigenvalue weighted by Gasteiger charge is -2.55. The van der Waals surface area contributed by atoms with Crippen molar-refractivity contribution < 1.29 is 14.6 Å². The number of hydrogen-bond donors (Lipinski definition) is 1. The Labute approximate surface area is 136 Å². The molecule has 5 heteroatoms. The van der Waals surface area contributed by atoms with E-state index in [9.17, 15) is 9.90 Å². The number of amides is 1. The smallest absolute Gasteiger partial charge is 0.260 e. The zero-order valence-corrected chi connectivity index (χ0v) is 13.8. The molecule has 0 aromatic heterocycles. The first-order valence-corrected chi connectivity index (χ1v) is 8.02. The first-order valence-electron chi connectivity index (χ1n) is 7.64. The molecule has 1 saturated heterocycles. The van der Waals surface area contributed by atoms with Gasteiger partial charge >= 0.3 is 0 Å². The molecule has 3 rings (SSSR count). The van der Waals surface area contributed by atoms with Gasteiger partial charge in [0.05, 0.1) is 11.6 Å². The average molecular weight is 324 g/mol. The van der Waals surface area contributed by atoms with E-state index in [1.165, 1.54) is 0 Å². The Morgan fingerprint density at radius 3 is 2.77 bits per heavy atom. The number of ether oxygens (including phenoxy) is 1. The van der Waals surface area contributed by atoms with Gasteiger partial charge in [-0.05, 0) is 29.9 Å². The molecule has 2 fully saturated rings. The summed E-state index contributed by atoms with van der Waals surface area (Å²) in [5.41, 5.74) is 0.0882. The van der Waals surface area contributed by atoms with E-state index in [1.807, 2.05) is 17.0 Å². The standard InChI is InChI=1S/C17H22ClNO3/c1-16(2)9-17(11-20)10-19(7-14(16)17)15(21)8-22-13-6-4-3-5-12(13)18/h3-6,14,20H,7-11H2,1-2H3/t14-,17-/m1/s1. The van der Waals surface area contributed by atoms with Crippen molar-refractivity contribution in [2.75, 3.05) is 26.3 Å². The zero-order chi connectivity index (χ0) is 16.0. The Kier molecular flexibility index (Phi) is 3.86. The second kappa shape index (κ2) is 5.43. The van der Waals surface area contributed by atoms with Gasteiger partial charge in [-0.1, -0.05) is 37.6 Å². The van der Waals surface area contributed by atoms with E-state index in [2.05, 4.69) is 13.8 Å². The van der Waals surface area contributed by atoms with Crippen molar-refractivity contribution in [1.29, 1.82) is 0 Å². The predicted octanol–water partition coefficient (Wildman–Crippen LogP) is 2.59. The van der Waals surface area contributed by atoms with E-state index >= 15 is 0 Å². The van der Waals surface area contributed by atoms with Crippen molar-refractivity contribution in [3.8, 4) is 5.75 Å². The van der Waals surface area contributed by atoms with E-state index in [0.717, 1.165) is 6.42 Å². The Bertz CT molecular complexity index is 589. The lowest BCUT2D eigenvalue weighted by Crippen LogP contribution is -2.54. The summed E-state index contributed by atoms with van der Waals surface area (Å²) in [6.07, 6.45) is 0.969. The van der Waals surface area contributed by atoms with Crippen LogP contribution in [0.2, 0.25) is 5.02 Å². The van der Waals surface area contributed by atoms with Crippen LogP contribution in [0.15, 0.2) is 24.3 Å². The van der Waals surface area contributed by atoms with Crippen molar-refractivity contribution >= 4 is 17.5 Å². The van der Waals surface area contributed by atoms with E-state index in [-0.39, 0.29) is 30.0 Å². The van der Waals surface area contributed by atoms with Crippen molar-refractivity contribution in [2.24, 2.45) is 16.7 Å². The molecule has 1 amide bonds. The normalized spacial score (nSPS) is 28.9. The molecule has 0 unspecified atom stereocenters. The molecule has 120 valence electrons. The topological polar surface area (TPSA) is 49.8 Å². The second-order valence-corrected chi connectivity index (χ2v) is 7.64. The highest BCUT2D eigenvalue weighted by molar-refractivity contribution is 6.32. The maximum atomic E-state index is 12.4. The molecule has 1 aromatic carbocycles. The number of hydrogen-bond acceptors (Lipinski definition) is 3. The van der Waals surface area contributed by atoms with Gasteiger partial charge in [0.25, 0.3) is 5.91 Å². The van der Waals surface area contributed by atoms with Gasteiger partial charge in [-0.3, -0.25) is 4.79 Å². The van der Waals surface area contributed by atoms with Gasteiger partial charge in [-0.2, -0.15) is 0 Å². The minimum atomic E-state index is -0.108. The average Bonchev–Trinajstić information content (AvgIpc) is 2.81. The van der Waals surface area contributed by atoms with Crippen LogP contribution in [-0.2, 0) is 4.79 Å². The summed E-state index contributed by atoms with van der Waals surface area (Å²) in [6, 6.07) is 7.13. The van der Waals surface area contributed by atoms with Crippen LogP contribution in [0.4, 0.5) is 0 Å². The maximum Gasteiger partial charge on any atom is 0.260 e. The van der Waals surface area contributed by atoms with E-state index < -0.39 is 0 Å². The number of aliphatic hydroxyl groups is 1. The van der Waals surface area contributed by atoms with Crippen molar-refractivity contribution in [3.63, 3.8) is 0 Å². The lowest BCUT2D eigenvalue weighted by atomic mass is 9.48. The van der Waals surface area contributed by atoms with Gasteiger partial charge in [-0.15, -0.1) is 0 Å². The fourth-order valence-electron chi connectivity index (χ4n) is 4.32. The minimum Gasteiger partial charge on any atom is -0.482 e. The predicted molar refractivity (Wildman–Crippen MR) is 84.9 cm³/mol. The summed E-state index contributed by atoms with van der Waals surface area (Å²) in [7, 11) is 0. The zero-order valence-electron chi connectivity index (χ0n) is 13.0. The number of carbonyl (C=O) groups excluding carboxylic acids is 1. The summed E-state index contributed by atoms with van der Waals surface area (Å²) in [6.45, 7) is 5.88. The molecule has 0 radical (unpaired) electrons. The van der Waals surface area contributed by atoms with Crippen LogP contribution < -0.4 is 4.74 Å². The fourth-order valence-corrected chi connectivity index (χ4v) is 4.51. The number of carbonyl (C=O) groups is 1. The molecule has 1 saturated carbocycles. The van der Waals surface area contributed by atoms with Crippen LogP contribution in [0.25, 0.3) is 0 Å². The van der Waals surface area contributed by atoms with Crippen LogP contribution in [-0.4, -0.2) is 42.2 Å². The van der Waals surface area contributed by atoms with Crippen LogP contribution in [0.1, 0.15) is 20.3 Å². The molecule has 22 heavy (non-hydrogen) atoms. The van der Waals surface area contributed by atoms with Crippen LogP contribution in [0, 0.1) is 16.7 Å². The quantitative estimate of drug-likeness (QED) is 0.926. The van der Waals surface area contributed by atoms with Crippen molar-refractivity contribution in [3.05, 3.63) is 29.3 Å². The molecule has 1 aromatic rings. The van der Waals surface area contributed by atoms with Gasteiger partial charge in [0.15, 0.2) is 6.61 Å². The number of likely N-dealkylation sites (tertiary alicyclic amines) is 1. The SMILES string of the molecule is CC1(C)C[C@]2(CO)CN(C(=O)COc3ccccc3Cl)C[C@H]12. The number of halogens is 1. The molecule has 1 N–H and O–H groups in total. The molecule has 2 atom stereocenters. The highest BCUT2D eigenvalue weighted by atomic mass is 35.5. The third kappa shape index (κ3) is 2.48. The number of nitrogens with zero attached hydrogens (tertiary/aromatic N) is 1. The highest BCUT2D eigenvalue weighted by Crippen LogP contribution is 2.62. The number of fused-ring (bicyclic) bond motifs is 1. The maximum absolute atomic E-state index is 12.4. The molecular formula is C17H22ClNO3. The molecule has 1 aliphatic heterocycles. The van der Waals surface area contributed by atoms with Gasteiger partial charge in [-0.25, -0.2) is 0 Å². The van der Waals surface area contributed by atoms with Crippen LogP contribution >= 0.6 is 11.6 Å². The first kappa shape index (κ1) is 15.6. The van der Waals surface area contributed by atoms with E-state index in [0.29, 0.717) is 29.8 Å². The van der Waals surface area contributed by atoms with E-state index in [4.69, 9.17) is 16.3 Å². The molecule has 1 heterocycles. The number of aliphatic hydroxyl groups excluding tert-OH is 1. The van der Waals surface area contributed by atoms with Crippen molar-refractivity contribution in [2.45, 2.75) is 20.3 Å². The molecular weight excluding hydrogens is 302 g/mol. The Balaban J connectivity index is 1.61. The molecule has 0 bridgehead atoms. The number of benzene rings is 1. The van der Waals surface area contributed by atoms with Gasteiger partial charge in [0, 0.05) is 18.5 Å². The third-order valence-corrected chi connectivity index (χ3v) is 5.57. The van der Waals surface area contributed by atoms with Crippen LogP contribution in [0.3, 0.4) is 0 Å². The molecule has 4 nitrogen and oxygen atoms in total. The number of para-hydroxylation sites is 1. The van der Waals surface area contributed by atoms with Gasteiger partial charge < -0.3 is 14.7 Å². The van der Waals surface area contributed by atoms with Gasteiger partial charge in [0.1, 0.15) is 5.75 Å². The largest absolute Gasteiger partial charge is 0.482 e. The summed E-state index contributed by atoms with van der Waals surface area (Å²) in [5.74, 6) is 0.851. The number of rotatable bonds is 4. The fraction of sp³-hybridized carbons (Fsp3) is 0.588.